The zero-order chi connectivity index (χ0) is 24.9. The van der Waals surface area contributed by atoms with Crippen LogP contribution in [-0.4, -0.2) is 84.7 Å². The molecule has 36 heavy (non-hydrogen) atoms. The topological polar surface area (TPSA) is 106 Å². The Kier molecular flexibility index (Phi) is 6.97. The van der Waals surface area contributed by atoms with Gasteiger partial charge in [0.15, 0.2) is 11.5 Å². The molecule has 10 nitrogen and oxygen atoms in total. The Hall–Kier alpha value is -3.56. The molecular formula is C26H33N3O7. The van der Waals surface area contributed by atoms with Gasteiger partial charge in [0.2, 0.25) is 17.6 Å². The lowest BCUT2D eigenvalue weighted by atomic mass is 9.87. The highest BCUT2D eigenvalue weighted by Crippen LogP contribution is 2.41. The van der Waals surface area contributed by atoms with Crippen molar-refractivity contribution in [3.63, 3.8) is 0 Å². The van der Waals surface area contributed by atoms with Gasteiger partial charge in [-0.3, -0.25) is 19.2 Å². The molecule has 0 N–H and O–H groups in total. The van der Waals surface area contributed by atoms with Crippen molar-refractivity contribution in [1.82, 2.24) is 14.7 Å². The van der Waals surface area contributed by atoms with Gasteiger partial charge in [-0.1, -0.05) is 7.43 Å². The minimum absolute atomic E-state index is 0. The van der Waals surface area contributed by atoms with Gasteiger partial charge in [0, 0.05) is 18.3 Å². The van der Waals surface area contributed by atoms with Crippen LogP contribution in [0.2, 0.25) is 0 Å². The molecule has 2 atom stereocenters. The number of methoxy groups -OCH3 is 3. The van der Waals surface area contributed by atoms with Crippen molar-refractivity contribution in [2.45, 2.75) is 51.6 Å². The number of amides is 3. The zero-order valence-electron chi connectivity index (χ0n) is 20.1. The molecule has 1 saturated carbocycles. The summed E-state index contributed by atoms with van der Waals surface area (Å²) in [6.07, 6.45) is 5.73. The minimum Gasteiger partial charge on any atom is -0.493 e. The van der Waals surface area contributed by atoms with Crippen LogP contribution in [0.3, 0.4) is 0 Å². The molecule has 1 aromatic rings. The second-order valence-electron chi connectivity index (χ2n) is 9.39. The van der Waals surface area contributed by atoms with E-state index in [-0.39, 0.29) is 42.8 Å². The summed E-state index contributed by atoms with van der Waals surface area (Å²) in [7, 11) is 4.31. The summed E-state index contributed by atoms with van der Waals surface area (Å²) in [5.74, 6) is -0.620. The van der Waals surface area contributed by atoms with Crippen molar-refractivity contribution in [2.24, 2.45) is 5.92 Å². The van der Waals surface area contributed by atoms with Crippen LogP contribution in [0.1, 0.15) is 49.9 Å². The normalized spacial score (nSPS) is 22.9. The first-order valence-electron chi connectivity index (χ1n) is 11.9. The number of rotatable bonds is 7. The van der Waals surface area contributed by atoms with Gasteiger partial charge in [-0.2, -0.15) is 0 Å². The number of carbonyl (C=O) groups is 4. The number of piperidine rings is 1. The first-order valence-corrected chi connectivity index (χ1v) is 11.9. The summed E-state index contributed by atoms with van der Waals surface area (Å²) < 4.78 is 16.0. The smallest absolute Gasteiger partial charge is 0.296 e. The third kappa shape index (κ3) is 4.18. The summed E-state index contributed by atoms with van der Waals surface area (Å²) >= 11 is 0. The predicted molar refractivity (Wildman–Crippen MR) is 130 cm³/mol. The van der Waals surface area contributed by atoms with Crippen LogP contribution >= 0.6 is 0 Å². The molecule has 10 heteroatoms. The highest BCUT2D eigenvalue weighted by molar-refractivity contribution is 6.43. The first-order chi connectivity index (χ1) is 16.9. The molecule has 0 radical (unpaired) electrons. The Morgan fingerprint density at radius 3 is 2.17 bits per heavy atom. The second kappa shape index (κ2) is 9.83. The second-order valence-corrected chi connectivity index (χ2v) is 9.39. The highest BCUT2D eigenvalue weighted by atomic mass is 16.5. The molecule has 3 amide bonds. The van der Waals surface area contributed by atoms with Crippen molar-refractivity contribution >= 4 is 23.5 Å². The third-order valence-electron chi connectivity index (χ3n) is 7.24. The van der Waals surface area contributed by atoms with Gasteiger partial charge in [0.05, 0.1) is 33.1 Å². The van der Waals surface area contributed by atoms with Crippen LogP contribution in [0.4, 0.5) is 0 Å². The number of fused-ring (bicyclic) bond motifs is 4. The summed E-state index contributed by atoms with van der Waals surface area (Å²) in [6.45, 7) is 0.603. The Bertz CT molecular complexity index is 1100. The quantitative estimate of drug-likeness (QED) is 0.418. The van der Waals surface area contributed by atoms with E-state index >= 15 is 0 Å². The average molecular weight is 500 g/mol. The van der Waals surface area contributed by atoms with E-state index in [4.69, 9.17) is 14.2 Å². The fourth-order valence-electron chi connectivity index (χ4n) is 5.27. The van der Waals surface area contributed by atoms with Crippen LogP contribution in [0.5, 0.6) is 17.2 Å². The molecule has 1 aromatic carbocycles. The number of ketones is 1. The zero-order valence-corrected chi connectivity index (χ0v) is 20.1. The van der Waals surface area contributed by atoms with E-state index in [1.54, 1.807) is 11.1 Å². The lowest BCUT2D eigenvalue weighted by Crippen LogP contribution is -2.67. The maximum absolute atomic E-state index is 13.6. The molecule has 4 aliphatic rings. The van der Waals surface area contributed by atoms with Crippen LogP contribution in [-0.2, 0) is 14.4 Å². The number of benzene rings is 1. The van der Waals surface area contributed by atoms with Gasteiger partial charge in [-0.15, -0.1) is 0 Å². The molecule has 1 aliphatic carbocycles. The van der Waals surface area contributed by atoms with Crippen LogP contribution in [0, 0.1) is 5.92 Å². The number of hydrogen-bond donors (Lipinski definition) is 0. The van der Waals surface area contributed by atoms with Gasteiger partial charge >= 0.3 is 0 Å². The standard InChI is InChI=1S/C25H29N3O7.CH4/c1-33-19-9-15(10-20(34-2)23(19)35-3)22(30)25(32)28-16-5-4-6-17(28)24(31)27-13-21(29)26(12-18(16)27)11-14-7-8-14;/h9-10,12,14,16-17H,4-8,11,13H2,1-3H3;1H4. The molecule has 3 heterocycles. The third-order valence-corrected chi connectivity index (χ3v) is 7.24. The lowest BCUT2D eigenvalue weighted by Gasteiger charge is -2.51. The van der Waals surface area contributed by atoms with E-state index in [1.807, 2.05) is 0 Å². The van der Waals surface area contributed by atoms with Gasteiger partial charge in [-0.25, -0.2) is 0 Å². The van der Waals surface area contributed by atoms with Gasteiger partial charge in [0.1, 0.15) is 12.6 Å². The van der Waals surface area contributed by atoms with E-state index in [1.165, 1.54) is 43.3 Å². The molecule has 5 rings (SSSR count). The highest BCUT2D eigenvalue weighted by Gasteiger charge is 2.51. The van der Waals surface area contributed by atoms with Crippen LogP contribution in [0.25, 0.3) is 0 Å². The average Bonchev–Trinajstić information content (AvgIpc) is 3.70. The Balaban J connectivity index is 0.00000304. The molecular weight excluding hydrogens is 466 g/mol. The molecule has 3 fully saturated rings. The number of carbonyl (C=O) groups excluding carboxylic acids is 4. The van der Waals surface area contributed by atoms with E-state index in [2.05, 4.69) is 0 Å². The molecule has 194 valence electrons. The number of hydrogen-bond acceptors (Lipinski definition) is 7. The first kappa shape index (κ1) is 25.5. The number of piperazine rings is 1. The van der Waals surface area contributed by atoms with Crippen LogP contribution < -0.4 is 14.2 Å². The van der Waals surface area contributed by atoms with E-state index in [9.17, 15) is 19.2 Å². The number of nitrogens with zero attached hydrogens (tertiary/aromatic N) is 3. The fraction of sp³-hybridized carbons (Fsp3) is 0.538. The predicted octanol–water partition coefficient (Wildman–Crippen LogP) is 2.22. The molecule has 0 aromatic heterocycles. The fourth-order valence-corrected chi connectivity index (χ4v) is 5.27. The largest absolute Gasteiger partial charge is 0.493 e. The van der Waals surface area contributed by atoms with Crippen molar-refractivity contribution in [1.29, 1.82) is 0 Å². The van der Waals surface area contributed by atoms with E-state index in [0.717, 1.165) is 19.3 Å². The maximum Gasteiger partial charge on any atom is 0.296 e. The summed E-state index contributed by atoms with van der Waals surface area (Å²) in [6, 6.07) is 1.66. The van der Waals surface area contributed by atoms with Crippen LogP contribution in [0.15, 0.2) is 24.0 Å². The monoisotopic (exact) mass is 499 g/mol. The van der Waals surface area contributed by atoms with Gasteiger partial charge in [-0.05, 0) is 50.2 Å². The number of Topliss-reactive ketones (excluding diaryl/α,β-unsaturated/α-hetero) is 1. The lowest BCUT2D eigenvalue weighted by molar-refractivity contribution is -0.156. The van der Waals surface area contributed by atoms with Gasteiger partial charge in [0.25, 0.3) is 11.7 Å². The van der Waals surface area contributed by atoms with Gasteiger partial charge < -0.3 is 28.9 Å². The molecule has 2 unspecified atom stereocenters. The summed E-state index contributed by atoms with van der Waals surface area (Å²) in [5, 5.41) is 0. The van der Waals surface area contributed by atoms with Crippen molar-refractivity contribution in [3.05, 3.63) is 29.6 Å². The Labute approximate surface area is 210 Å². The number of ether oxygens (including phenoxy) is 3. The molecule has 3 aliphatic heterocycles. The SMILES string of the molecule is C.COc1cc(C(=O)C(=O)N2C3CCCC2C2=CN(CC4CC4)C(=O)CN2C3=O)cc(OC)c1OC. The maximum atomic E-state index is 13.6. The minimum atomic E-state index is -0.771. The van der Waals surface area contributed by atoms with Crippen molar-refractivity contribution < 1.29 is 33.4 Å². The summed E-state index contributed by atoms with van der Waals surface area (Å²) in [5.41, 5.74) is 0.706. The molecule has 0 spiro atoms. The van der Waals surface area contributed by atoms with Crippen molar-refractivity contribution in [2.75, 3.05) is 34.4 Å². The Morgan fingerprint density at radius 1 is 0.944 bits per heavy atom. The molecule has 2 saturated heterocycles. The Morgan fingerprint density at radius 2 is 1.58 bits per heavy atom. The van der Waals surface area contributed by atoms with Crippen molar-refractivity contribution in [3.8, 4) is 17.2 Å². The molecule has 2 bridgehead atoms. The van der Waals surface area contributed by atoms with E-state index in [0.29, 0.717) is 36.8 Å². The summed E-state index contributed by atoms with van der Waals surface area (Å²) in [4.78, 5) is 57.7. The van der Waals surface area contributed by atoms with E-state index < -0.39 is 23.8 Å².